The number of hydrogen-bond donors (Lipinski definition) is 2. The number of nitrogens with one attached hydrogen (secondary N) is 1. The van der Waals surface area contributed by atoms with Gasteiger partial charge in [0.1, 0.15) is 17.2 Å². The highest BCUT2D eigenvalue weighted by molar-refractivity contribution is 6.30. The fourth-order valence-corrected chi connectivity index (χ4v) is 2.06. The van der Waals surface area contributed by atoms with Gasteiger partial charge in [0.05, 0.1) is 18.8 Å². The monoisotopic (exact) mass is 306 g/mol. The van der Waals surface area contributed by atoms with Crippen molar-refractivity contribution in [3.63, 3.8) is 0 Å². The highest BCUT2D eigenvalue weighted by Crippen LogP contribution is 2.29. The van der Waals surface area contributed by atoms with Gasteiger partial charge in [-0.05, 0) is 43.7 Å². The van der Waals surface area contributed by atoms with E-state index in [0.29, 0.717) is 23.9 Å². The van der Waals surface area contributed by atoms with Gasteiger partial charge in [-0.2, -0.15) is 0 Å². The van der Waals surface area contributed by atoms with Crippen LogP contribution in [-0.2, 0) is 6.54 Å². The molecule has 0 saturated heterocycles. The lowest BCUT2D eigenvalue weighted by Crippen LogP contribution is -2.05. The van der Waals surface area contributed by atoms with Crippen LogP contribution in [0.15, 0.2) is 30.3 Å². The maximum Gasteiger partial charge on any atom is 0.142 e. The Morgan fingerprint density at radius 3 is 2.86 bits per heavy atom. The molecule has 1 aromatic heterocycles. The number of benzene rings is 1. The van der Waals surface area contributed by atoms with Crippen molar-refractivity contribution in [3.8, 4) is 11.5 Å². The Morgan fingerprint density at radius 2 is 2.10 bits per heavy atom. The minimum atomic E-state index is 0.172. The average molecular weight is 307 g/mol. The maximum absolute atomic E-state index is 9.82. The molecule has 1 heterocycles. The van der Waals surface area contributed by atoms with Crippen molar-refractivity contribution in [2.24, 2.45) is 0 Å². The van der Waals surface area contributed by atoms with Crippen LogP contribution in [0.2, 0.25) is 5.02 Å². The third-order valence-electron chi connectivity index (χ3n) is 2.94. The summed E-state index contributed by atoms with van der Waals surface area (Å²) in [6.45, 7) is 4.98. The van der Waals surface area contributed by atoms with Gasteiger partial charge >= 0.3 is 0 Å². The Morgan fingerprint density at radius 1 is 1.29 bits per heavy atom. The van der Waals surface area contributed by atoms with Crippen LogP contribution in [0.25, 0.3) is 0 Å². The highest BCUT2D eigenvalue weighted by atomic mass is 35.5. The molecule has 21 heavy (non-hydrogen) atoms. The van der Waals surface area contributed by atoms with Gasteiger partial charge in [-0.15, -0.1) is 0 Å². The van der Waals surface area contributed by atoms with Crippen molar-refractivity contribution in [3.05, 3.63) is 46.7 Å². The lowest BCUT2D eigenvalue weighted by atomic mass is 10.2. The van der Waals surface area contributed by atoms with Gasteiger partial charge in [0.15, 0.2) is 0 Å². The summed E-state index contributed by atoms with van der Waals surface area (Å²) < 4.78 is 5.68. The number of pyridine rings is 1. The van der Waals surface area contributed by atoms with Crippen LogP contribution in [0.1, 0.15) is 24.7 Å². The van der Waals surface area contributed by atoms with Gasteiger partial charge in [-0.3, -0.25) is 4.98 Å². The zero-order valence-electron chi connectivity index (χ0n) is 12.2. The molecule has 112 valence electrons. The van der Waals surface area contributed by atoms with Crippen molar-refractivity contribution in [2.75, 3.05) is 11.9 Å². The Bertz CT molecular complexity index is 617. The first-order valence-corrected chi connectivity index (χ1v) is 7.29. The fraction of sp³-hybridized carbons (Fsp3) is 0.312. The van der Waals surface area contributed by atoms with Gasteiger partial charge < -0.3 is 15.2 Å². The Balaban J connectivity index is 2.14. The summed E-state index contributed by atoms with van der Waals surface area (Å²) >= 11 is 6.03. The van der Waals surface area contributed by atoms with Crippen LogP contribution in [0, 0.1) is 6.92 Å². The summed E-state index contributed by atoms with van der Waals surface area (Å²) in [5, 5.41) is 13.7. The predicted molar refractivity (Wildman–Crippen MR) is 85.2 cm³/mol. The Labute approximate surface area is 129 Å². The van der Waals surface area contributed by atoms with E-state index in [9.17, 15) is 5.11 Å². The summed E-state index contributed by atoms with van der Waals surface area (Å²) in [5.74, 6) is 0.916. The molecule has 0 atom stereocenters. The quantitative estimate of drug-likeness (QED) is 0.842. The topological polar surface area (TPSA) is 54.4 Å². The zero-order chi connectivity index (χ0) is 15.2. The van der Waals surface area contributed by atoms with Gasteiger partial charge in [0.2, 0.25) is 0 Å². The van der Waals surface area contributed by atoms with Crippen LogP contribution in [0.4, 0.5) is 5.69 Å². The third-order valence-corrected chi connectivity index (χ3v) is 3.17. The van der Waals surface area contributed by atoms with E-state index in [4.69, 9.17) is 16.3 Å². The van der Waals surface area contributed by atoms with E-state index in [-0.39, 0.29) is 5.75 Å². The molecular formula is C16H19ClN2O2. The first-order valence-electron chi connectivity index (χ1n) is 6.92. The number of halogens is 1. The number of anilines is 1. The second-order valence-electron chi connectivity index (χ2n) is 4.76. The van der Waals surface area contributed by atoms with Crippen LogP contribution in [0.3, 0.4) is 0 Å². The smallest absolute Gasteiger partial charge is 0.142 e. The van der Waals surface area contributed by atoms with Gasteiger partial charge in [-0.1, -0.05) is 18.5 Å². The molecule has 0 bridgehead atoms. The van der Waals surface area contributed by atoms with Crippen LogP contribution >= 0.6 is 11.6 Å². The van der Waals surface area contributed by atoms with Gasteiger partial charge in [-0.25, -0.2) is 0 Å². The van der Waals surface area contributed by atoms with Crippen LogP contribution in [0.5, 0.6) is 11.5 Å². The Kier molecular flexibility index (Phi) is 5.28. The SMILES string of the molecule is CCCOc1ccc(Cl)cc1NCc1nc(C)ccc1O. The van der Waals surface area contributed by atoms with Gasteiger partial charge in [0, 0.05) is 10.7 Å². The molecule has 2 aromatic rings. The lowest BCUT2D eigenvalue weighted by molar-refractivity contribution is 0.319. The van der Waals surface area contributed by atoms with Crippen molar-refractivity contribution >= 4 is 17.3 Å². The molecule has 0 radical (unpaired) electrons. The minimum absolute atomic E-state index is 0.172. The number of rotatable bonds is 6. The molecule has 2 N–H and O–H groups in total. The van der Waals surface area contributed by atoms with Crippen molar-refractivity contribution < 1.29 is 9.84 Å². The van der Waals surface area contributed by atoms with Crippen LogP contribution in [-0.4, -0.2) is 16.7 Å². The minimum Gasteiger partial charge on any atom is -0.506 e. The van der Waals surface area contributed by atoms with E-state index < -0.39 is 0 Å². The molecule has 0 amide bonds. The summed E-state index contributed by atoms with van der Waals surface area (Å²) in [6, 6.07) is 8.85. The van der Waals surface area contributed by atoms with Crippen molar-refractivity contribution in [1.29, 1.82) is 0 Å². The number of aromatic nitrogens is 1. The molecule has 4 nitrogen and oxygen atoms in total. The molecule has 1 aromatic carbocycles. The average Bonchev–Trinajstić information content (AvgIpc) is 2.47. The Hall–Kier alpha value is -1.94. The summed E-state index contributed by atoms with van der Waals surface area (Å²) in [6.07, 6.45) is 0.933. The standard InChI is InChI=1S/C16H19ClN2O2/c1-3-8-21-16-7-5-12(17)9-13(16)18-10-14-15(20)6-4-11(2)19-14/h4-7,9,18,20H,3,8,10H2,1-2H3. The molecule has 0 unspecified atom stereocenters. The van der Waals surface area contributed by atoms with E-state index in [1.165, 1.54) is 0 Å². The summed E-state index contributed by atoms with van der Waals surface area (Å²) in [7, 11) is 0. The normalized spacial score (nSPS) is 10.4. The van der Waals surface area contributed by atoms with E-state index in [0.717, 1.165) is 23.6 Å². The second-order valence-corrected chi connectivity index (χ2v) is 5.20. The van der Waals surface area contributed by atoms with E-state index in [1.807, 2.05) is 13.0 Å². The number of ether oxygens (including phenoxy) is 1. The van der Waals surface area contributed by atoms with E-state index in [1.54, 1.807) is 24.3 Å². The summed E-state index contributed by atoms with van der Waals surface area (Å²) in [4.78, 5) is 4.32. The van der Waals surface area contributed by atoms with Crippen LogP contribution < -0.4 is 10.1 Å². The molecule has 0 aliphatic rings. The number of aryl methyl sites for hydroxylation is 1. The first kappa shape index (κ1) is 15.4. The third kappa shape index (κ3) is 4.26. The van der Waals surface area contributed by atoms with Gasteiger partial charge in [0.25, 0.3) is 0 Å². The summed E-state index contributed by atoms with van der Waals surface area (Å²) in [5.41, 5.74) is 2.24. The lowest BCUT2D eigenvalue weighted by Gasteiger charge is -2.14. The van der Waals surface area contributed by atoms with Crippen molar-refractivity contribution in [2.45, 2.75) is 26.8 Å². The number of hydrogen-bond acceptors (Lipinski definition) is 4. The highest BCUT2D eigenvalue weighted by Gasteiger charge is 2.07. The molecule has 0 aliphatic heterocycles. The molecule has 5 heteroatoms. The van der Waals surface area contributed by atoms with E-state index in [2.05, 4.69) is 17.2 Å². The van der Waals surface area contributed by atoms with Crippen molar-refractivity contribution in [1.82, 2.24) is 4.98 Å². The fourth-order valence-electron chi connectivity index (χ4n) is 1.89. The number of nitrogens with zero attached hydrogens (tertiary/aromatic N) is 1. The van der Waals surface area contributed by atoms with E-state index >= 15 is 0 Å². The molecule has 0 spiro atoms. The first-order chi connectivity index (χ1) is 10.1. The maximum atomic E-state index is 9.82. The largest absolute Gasteiger partial charge is 0.506 e. The molecular weight excluding hydrogens is 288 g/mol. The number of aromatic hydroxyl groups is 1. The molecule has 2 rings (SSSR count). The second kappa shape index (κ2) is 7.18. The predicted octanol–water partition coefficient (Wildman–Crippen LogP) is 4.15. The molecule has 0 aliphatic carbocycles. The molecule has 0 fully saturated rings. The molecule has 0 saturated carbocycles. The zero-order valence-corrected chi connectivity index (χ0v) is 12.9.